The topological polar surface area (TPSA) is 40.8 Å². The van der Waals surface area contributed by atoms with Crippen LogP contribution >= 0.6 is 0 Å². The highest BCUT2D eigenvalue weighted by atomic mass is 16.3. The van der Waals surface area contributed by atoms with E-state index in [4.69, 9.17) is 0 Å². The lowest BCUT2D eigenvalue weighted by molar-refractivity contribution is 0.0308. The smallest absolute Gasteiger partial charge is 0.137 e. The van der Waals surface area contributed by atoms with Gasteiger partial charge in [0.2, 0.25) is 0 Å². The van der Waals surface area contributed by atoms with E-state index in [0.717, 1.165) is 25.2 Å². The van der Waals surface area contributed by atoms with Crippen LogP contribution < -0.4 is 0 Å². The summed E-state index contributed by atoms with van der Waals surface area (Å²) in [7, 11) is 0. The Morgan fingerprint density at radius 1 is 1.45 bits per heavy atom. The maximum absolute atomic E-state index is 9.96. The summed E-state index contributed by atoms with van der Waals surface area (Å²) in [6.45, 7) is 5.91. The number of hydrogen-bond donors (Lipinski definition) is 1. The van der Waals surface area contributed by atoms with Gasteiger partial charge in [-0.25, -0.2) is 4.98 Å². The lowest BCUT2D eigenvalue weighted by atomic mass is 9.98. The van der Waals surface area contributed by atoms with Crippen molar-refractivity contribution in [2.45, 2.75) is 51.8 Å². The van der Waals surface area contributed by atoms with Gasteiger partial charge >= 0.3 is 0 Å². The van der Waals surface area contributed by atoms with E-state index in [1.807, 2.05) is 13.1 Å². The van der Waals surface area contributed by atoms with Gasteiger partial charge in [-0.05, 0) is 50.9 Å². The maximum atomic E-state index is 9.96. The van der Waals surface area contributed by atoms with Crippen molar-refractivity contribution in [3.63, 3.8) is 0 Å². The monoisotopic (exact) mass is 273 g/mol. The molecule has 0 spiro atoms. The molecule has 0 bridgehead atoms. The Balaban J connectivity index is 1.84. The number of aliphatic hydroxyl groups excluding tert-OH is 1. The van der Waals surface area contributed by atoms with Crippen LogP contribution in [0.2, 0.25) is 0 Å². The summed E-state index contributed by atoms with van der Waals surface area (Å²) < 4.78 is 2.15. The molecule has 108 valence electrons. The highest BCUT2D eigenvalue weighted by Gasteiger charge is 2.26. The molecule has 2 aromatic heterocycles. The number of fused-ring (bicyclic) bond motifs is 1. The van der Waals surface area contributed by atoms with Gasteiger partial charge in [-0.1, -0.05) is 6.42 Å². The minimum Gasteiger partial charge on any atom is -0.392 e. The number of pyridine rings is 1. The Hall–Kier alpha value is -1.39. The van der Waals surface area contributed by atoms with Crippen LogP contribution in [0.3, 0.4) is 0 Å². The Morgan fingerprint density at radius 3 is 3.10 bits per heavy atom. The van der Waals surface area contributed by atoms with Gasteiger partial charge in [0.1, 0.15) is 5.65 Å². The number of hydrogen-bond acceptors (Lipinski definition) is 3. The normalized spacial score (nSPS) is 22.2. The Bertz CT molecular complexity index is 590. The second-order valence-electron chi connectivity index (χ2n) is 5.96. The molecule has 0 aromatic carbocycles. The quantitative estimate of drug-likeness (QED) is 0.933. The molecule has 4 heteroatoms. The molecule has 0 aliphatic carbocycles. The Kier molecular flexibility index (Phi) is 3.76. The molecule has 0 amide bonds. The molecule has 2 atom stereocenters. The molecular formula is C16H23N3O. The van der Waals surface area contributed by atoms with Crippen LogP contribution in [-0.2, 0) is 6.54 Å². The molecule has 0 saturated carbocycles. The zero-order valence-corrected chi connectivity index (χ0v) is 12.3. The number of imidazole rings is 1. The third kappa shape index (κ3) is 2.58. The van der Waals surface area contributed by atoms with E-state index in [9.17, 15) is 5.11 Å². The number of nitrogens with zero attached hydrogens (tertiary/aromatic N) is 3. The second kappa shape index (κ2) is 5.54. The van der Waals surface area contributed by atoms with Gasteiger partial charge in [0, 0.05) is 18.8 Å². The van der Waals surface area contributed by atoms with Gasteiger partial charge in [0.05, 0.1) is 18.0 Å². The van der Waals surface area contributed by atoms with Gasteiger partial charge in [0.15, 0.2) is 0 Å². The lowest BCUT2D eigenvalue weighted by Gasteiger charge is -2.37. The number of aromatic nitrogens is 2. The first-order valence-corrected chi connectivity index (χ1v) is 7.50. The van der Waals surface area contributed by atoms with Gasteiger partial charge in [-0.3, -0.25) is 4.90 Å². The summed E-state index contributed by atoms with van der Waals surface area (Å²) >= 11 is 0. The standard InChI is InChI=1S/C16H23N3O/c1-12-6-8-19-14(10-17-16(19)9-12)11-18-7-4-3-5-15(18)13(2)20/h6,8-10,13,15,20H,3-5,7,11H2,1-2H3. The van der Waals surface area contributed by atoms with Crippen LogP contribution in [0.4, 0.5) is 0 Å². The number of aliphatic hydroxyl groups is 1. The molecule has 20 heavy (non-hydrogen) atoms. The molecule has 4 nitrogen and oxygen atoms in total. The van der Waals surface area contributed by atoms with Crippen molar-refractivity contribution in [2.75, 3.05) is 6.54 Å². The van der Waals surface area contributed by atoms with Crippen LogP contribution in [0, 0.1) is 6.92 Å². The second-order valence-corrected chi connectivity index (χ2v) is 5.96. The Morgan fingerprint density at radius 2 is 2.30 bits per heavy atom. The first-order chi connectivity index (χ1) is 9.65. The molecular weight excluding hydrogens is 250 g/mol. The van der Waals surface area contributed by atoms with Crippen molar-refractivity contribution in [3.8, 4) is 0 Å². The molecule has 2 unspecified atom stereocenters. The van der Waals surface area contributed by atoms with E-state index in [-0.39, 0.29) is 12.1 Å². The van der Waals surface area contributed by atoms with Crippen LogP contribution in [0.5, 0.6) is 0 Å². The SMILES string of the molecule is Cc1ccn2c(CN3CCCCC3C(C)O)cnc2c1. The molecule has 0 radical (unpaired) electrons. The first kappa shape index (κ1) is 13.6. The summed E-state index contributed by atoms with van der Waals surface area (Å²) in [6, 6.07) is 4.49. The molecule has 1 fully saturated rings. The summed E-state index contributed by atoms with van der Waals surface area (Å²) in [6.07, 6.45) is 7.32. The number of piperidine rings is 1. The van der Waals surface area contributed by atoms with Gasteiger partial charge in [0.25, 0.3) is 0 Å². The summed E-state index contributed by atoms with van der Waals surface area (Å²) in [5.41, 5.74) is 3.44. The first-order valence-electron chi connectivity index (χ1n) is 7.50. The summed E-state index contributed by atoms with van der Waals surface area (Å²) in [4.78, 5) is 6.89. The van der Waals surface area contributed by atoms with Crippen LogP contribution in [0.25, 0.3) is 5.65 Å². The molecule has 1 aliphatic heterocycles. The van der Waals surface area contributed by atoms with Gasteiger partial charge in [-0.2, -0.15) is 0 Å². The fourth-order valence-electron chi connectivity index (χ4n) is 3.22. The Labute approximate surface area is 120 Å². The van der Waals surface area contributed by atoms with Crippen molar-refractivity contribution in [1.29, 1.82) is 0 Å². The van der Waals surface area contributed by atoms with Crippen LogP contribution in [-0.4, -0.2) is 38.1 Å². The van der Waals surface area contributed by atoms with E-state index in [1.54, 1.807) is 0 Å². The lowest BCUT2D eigenvalue weighted by Crippen LogP contribution is -2.45. The van der Waals surface area contributed by atoms with E-state index >= 15 is 0 Å². The van der Waals surface area contributed by atoms with Crippen molar-refractivity contribution in [3.05, 3.63) is 35.8 Å². The fourth-order valence-corrected chi connectivity index (χ4v) is 3.22. The van der Waals surface area contributed by atoms with Gasteiger partial charge in [-0.15, -0.1) is 0 Å². The molecule has 1 aliphatic rings. The number of aryl methyl sites for hydroxylation is 1. The predicted octanol–water partition coefficient (Wildman–Crippen LogP) is 2.38. The predicted molar refractivity (Wildman–Crippen MR) is 79.7 cm³/mol. The highest BCUT2D eigenvalue weighted by Crippen LogP contribution is 2.22. The minimum absolute atomic E-state index is 0.267. The summed E-state index contributed by atoms with van der Waals surface area (Å²) in [5.74, 6) is 0. The number of rotatable bonds is 3. The average Bonchev–Trinajstić information content (AvgIpc) is 2.81. The molecule has 3 heterocycles. The van der Waals surface area contributed by atoms with E-state index in [0.29, 0.717) is 0 Å². The molecule has 1 saturated heterocycles. The van der Waals surface area contributed by atoms with Crippen molar-refractivity contribution >= 4 is 5.65 Å². The summed E-state index contributed by atoms with van der Waals surface area (Å²) in [5, 5.41) is 9.96. The molecule has 3 rings (SSSR count). The van der Waals surface area contributed by atoms with Crippen molar-refractivity contribution < 1.29 is 5.11 Å². The average molecular weight is 273 g/mol. The van der Waals surface area contributed by atoms with E-state index < -0.39 is 0 Å². The van der Waals surface area contributed by atoms with Gasteiger partial charge < -0.3 is 9.51 Å². The zero-order valence-electron chi connectivity index (χ0n) is 12.3. The third-order valence-electron chi connectivity index (χ3n) is 4.33. The van der Waals surface area contributed by atoms with E-state index in [2.05, 4.69) is 39.5 Å². The van der Waals surface area contributed by atoms with Crippen LogP contribution in [0.1, 0.15) is 37.4 Å². The zero-order chi connectivity index (χ0) is 14.1. The number of likely N-dealkylation sites (tertiary alicyclic amines) is 1. The maximum Gasteiger partial charge on any atom is 0.137 e. The van der Waals surface area contributed by atoms with Crippen molar-refractivity contribution in [1.82, 2.24) is 14.3 Å². The van der Waals surface area contributed by atoms with Crippen molar-refractivity contribution in [2.24, 2.45) is 0 Å². The largest absolute Gasteiger partial charge is 0.392 e. The molecule has 1 N–H and O–H groups in total. The van der Waals surface area contributed by atoms with Crippen LogP contribution in [0.15, 0.2) is 24.5 Å². The minimum atomic E-state index is -0.267. The van der Waals surface area contributed by atoms with E-state index in [1.165, 1.54) is 24.1 Å². The molecule has 2 aromatic rings. The third-order valence-corrected chi connectivity index (χ3v) is 4.33. The highest BCUT2D eigenvalue weighted by molar-refractivity contribution is 5.42. The fraction of sp³-hybridized carbons (Fsp3) is 0.562.